The summed E-state index contributed by atoms with van der Waals surface area (Å²) < 4.78 is 7.17. The van der Waals surface area contributed by atoms with Crippen molar-refractivity contribution in [2.24, 2.45) is 0 Å². The van der Waals surface area contributed by atoms with Crippen molar-refractivity contribution in [3.8, 4) is 11.4 Å². The van der Waals surface area contributed by atoms with Crippen molar-refractivity contribution in [2.45, 2.75) is 38.4 Å². The van der Waals surface area contributed by atoms with Gasteiger partial charge in [0.05, 0.1) is 7.11 Å². The molecular formula is C20H27N3O2S. The zero-order valence-corrected chi connectivity index (χ0v) is 16.6. The van der Waals surface area contributed by atoms with E-state index in [0.29, 0.717) is 10.9 Å². The lowest BCUT2D eigenvalue weighted by Crippen LogP contribution is -2.36. The van der Waals surface area contributed by atoms with Gasteiger partial charge in [0.15, 0.2) is 5.69 Å². The number of thioether (sulfide) groups is 1. The summed E-state index contributed by atoms with van der Waals surface area (Å²) in [5.74, 6) is 1.86. The Kier molecular flexibility index (Phi) is 6.25. The van der Waals surface area contributed by atoms with Crippen LogP contribution in [0.25, 0.3) is 5.69 Å². The smallest absolute Gasteiger partial charge is 0.274 e. The molecule has 2 heterocycles. The second-order valence-corrected chi connectivity index (χ2v) is 8.22. The summed E-state index contributed by atoms with van der Waals surface area (Å²) in [6.45, 7) is 5.85. The summed E-state index contributed by atoms with van der Waals surface area (Å²) in [5, 5.41) is 5.08. The minimum absolute atomic E-state index is 0.0268. The highest BCUT2D eigenvalue weighted by Crippen LogP contribution is 2.25. The Balaban J connectivity index is 1.81. The third kappa shape index (κ3) is 4.23. The molecule has 1 unspecified atom stereocenters. The normalized spacial score (nSPS) is 17.8. The fraction of sp³-hybridized carbons (Fsp3) is 0.500. The molecule has 1 aromatic heterocycles. The Morgan fingerprint density at radius 1 is 1.35 bits per heavy atom. The summed E-state index contributed by atoms with van der Waals surface area (Å²) >= 11 is 1.95. The topological polar surface area (TPSA) is 47.4 Å². The van der Waals surface area contributed by atoms with Crippen LogP contribution >= 0.6 is 11.8 Å². The van der Waals surface area contributed by atoms with E-state index in [-0.39, 0.29) is 5.91 Å². The minimum atomic E-state index is 0.0268. The van der Waals surface area contributed by atoms with E-state index in [4.69, 9.17) is 4.74 Å². The molecule has 1 fully saturated rings. The van der Waals surface area contributed by atoms with Gasteiger partial charge in [-0.2, -0.15) is 16.9 Å². The first kappa shape index (κ1) is 18.8. The zero-order chi connectivity index (χ0) is 18.5. The van der Waals surface area contributed by atoms with Crippen LogP contribution < -0.4 is 4.74 Å². The number of aryl methyl sites for hydroxylation is 1. The number of hydrogen-bond donors (Lipinski definition) is 0. The maximum absolute atomic E-state index is 13.0. The van der Waals surface area contributed by atoms with Gasteiger partial charge in [-0.15, -0.1) is 0 Å². The van der Waals surface area contributed by atoms with Crippen molar-refractivity contribution >= 4 is 17.7 Å². The van der Waals surface area contributed by atoms with E-state index in [1.807, 2.05) is 48.0 Å². The Morgan fingerprint density at radius 2 is 2.19 bits per heavy atom. The number of likely N-dealkylation sites (tertiary alicyclic amines) is 1. The van der Waals surface area contributed by atoms with Gasteiger partial charge in [0.25, 0.3) is 5.91 Å². The predicted octanol–water partition coefficient (Wildman–Crippen LogP) is 3.94. The van der Waals surface area contributed by atoms with Crippen LogP contribution in [-0.4, -0.2) is 51.8 Å². The number of aromatic nitrogens is 2. The Hall–Kier alpha value is -1.95. The van der Waals surface area contributed by atoms with Crippen molar-refractivity contribution in [3.63, 3.8) is 0 Å². The van der Waals surface area contributed by atoms with Crippen LogP contribution in [0, 0.1) is 6.92 Å². The number of hydrogen-bond acceptors (Lipinski definition) is 4. The SMILES string of the molecule is CCSC1CCCCN(C(=O)c2ccn(-c3cc(C)ccc3OC)n2)C1. The molecule has 0 aliphatic carbocycles. The molecule has 0 bridgehead atoms. The highest BCUT2D eigenvalue weighted by atomic mass is 32.2. The van der Waals surface area contributed by atoms with Crippen molar-refractivity contribution in [3.05, 3.63) is 41.7 Å². The number of carbonyl (C=O) groups is 1. The van der Waals surface area contributed by atoms with Gasteiger partial charge < -0.3 is 9.64 Å². The lowest BCUT2D eigenvalue weighted by molar-refractivity contribution is 0.0757. The third-order valence-electron chi connectivity index (χ3n) is 4.71. The molecule has 1 aromatic carbocycles. The second-order valence-electron chi connectivity index (χ2n) is 6.65. The van der Waals surface area contributed by atoms with E-state index in [9.17, 15) is 4.79 Å². The van der Waals surface area contributed by atoms with E-state index in [1.165, 1.54) is 12.8 Å². The fourth-order valence-corrected chi connectivity index (χ4v) is 4.46. The molecule has 3 rings (SSSR count). The standard InChI is InChI=1S/C20H27N3O2S/c1-4-26-16-7-5-6-11-22(14-16)20(24)17-10-12-23(21-17)18-13-15(2)8-9-19(18)25-3/h8-10,12-13,16H,4-7,11,14H2,1-3H3. The monoisotopic (exact) mass is 373 g/mol. The number of benzene rings is 1. The van der Waals surface area contributed by atoms with E-state index >= 15 is 0 Å². The van der Waals surface area contributed by atoms with Crippen LogP contribution in [0.5, 0.6) is 5.75 Å². The van der Waals surface area contributed by atoms with Crippen molar-refractivity contribution in [1.29, 1.82) is 0 Å². The first-order valence-corrected chi connectivity index (χ1v) is 10.3. The van der Waals surface area contributed by atoms with Crippen molar-refractivity contribution in [1.82, 2.24) is 14.7 Å². The molecule has 1 aliphatic heterocycles. The Bertz CT molecular complexity index is 759. The highest BCUT2D eigenvalue weighted by Gasteiger charge is 2.24. The summed E-state index contributed by atoms with van der Waals surface area (Å²) in [5.41, 5.74) is 2.47. The van der Waals surface area contributed by atoms with Crippen molar-refractivity contribution < 1.29 is 9.53 Å². The van der Waals surface area contributed by atoms with Gasteiger partial charge in [0, 0.05) is 24.5 Å². The van der Waals surface area contributed by atoms with Crippen molar-refractivity contribution in [2.75, 3.05) is 26.0 Å². The Labute approximate surface area is 159 Å². The van der Waals surface area contributed by atoms with E-state index in [1.54, 1.807) is 17.9 Å². The number of carbonyl (C=O) groups excluding carboxylic acids is 1. The van der Waals surface area contributed by atoms with Crippen LogP contribution in [0.15, 0.2) is 30.5 Å². The third-order valence-corrected chi connectivity index (χ3v) is 5.90. The summed E-state index contributed by atoms with van der Waals surface area (Å²) in [6.07, 6.45) is 5.28. The molecular weight excluding hydrogens is 346 g/mol. The van der Waals surface area contributed by atoms with Crippen LogP contribution in [0.2, 0.25) is 0 Å². The Morgan fingerprint density at radius 3 is 2.96 bits per heavy atom. The molecule has 2 aromatic rings. The van der Waals surface area contributed by atoms with E-state index in [0.717, 1.165) is 42.3 Å². The number of amides is 1. The molecule has 6 heteroatoms. The second kappa shape index (κ2) is 8.62. The van der Waals surface area contributed by atoms with Gasteiger partial charge in [-0.1, -0.05) is 19.4 Å². The molecule has 1 atom stereocenters. The van der Waals surface area contributed by atoms with Crippen LogP contribution in [0.3, 0.4) is 0 Å². The maximum atomic E-state index is 13.0. The molecule has 26 heavy (non-hydrogen) atoms. The maximum Gasteiger partial charge on any atom is 0.274 e. The lowest BCUT2D eigenvalue weighted by Gasteiger charge is -2.23. The summed E-state index contributed by atoms with van der Waals surface area (Å²) in [7, 11) is 1.65. The predicted molar refractivity (Wildman–Crippen MR) is 107 cm³/mol. The van der Waals surface area contributed by atoms with E-state index in [2.05, 4.69) is 12.0 Å². The van der Waals surface area contributed by atoms with Gasteiger partial charge in [0.1, 0.15) is 11.4 Å². The lowest BCUT2D eigenvalue weighted by atomic mass is 10.2. The van der Waals surface area contributed by atoms with Gasteiger partial charge in [0.2, 0.25) is 0 Å². The molecule has 1 aliphatic rings. The molecule has 1 saturated heterocycles. The van der Waals surface area contributed by atoms with Crippen LogP contribution in [0.1, 0.15) is 42.2 Å². The van der Waals surface area contributed by atoms with Gasteiger partial charge >= 0.3 is 0 Å². The molecule has 5 nitrogen and oxygen atoms in total. The number of rotatable bonds is 5. The molecule has 1 amide bonds. The number of ether oxygens (including phenoxy) is 1. The molecule has 140 valence electrons. The fourth-order valence-electron chi connectivity index (χ4n) is 3.37. The quantitative estimate of drug-likeness (QED) is 0.796. The minimum Gasteiger partial charge on any atom is -0.494 e. The first-order chi connectivity index (χ1) is 12.6. The molecule has 0 N–H and O–H groups in total. The van der Waals surface area contributed by atoms with Crippen LogP contribution in [0.4, 0.5) is 0 Å². The van der Waals surface area contributed by atoms with Gasteiger partial charge in [-0.05, 0) is 49.3 Å². The van der Waals surface area contributed by atoms with Gasteiger partial charge in [-0.25, -0.2) is 4.68 Å². The summed E-state index contributed by atoms with van der Waals surface area (Å²) in [4.78, 5) is 15.0. The van der Waals surface area contributed by atoms with Crippen LogP contribution in [-0.2, 0) is 0 Å². The van der Waals surface area contributed by atoms with Gasteiger partial charge in [-0.3, -0.25) is 4.79 Å². The zero-order valence-electron chi connectivity index (χ0n) is 15.8. The number of methoxy groups -OCH3 is 1. The molecule has 0 saturated carbocycles. The van der Waals surface area contributed by atoms with E-state index < -0.39 is 0 Å². The average Bonchev–Trinajstić information content (AvgIpc) is 3.02. The number of nitrogens with zero attached hydrogens (tertiary/aromatic N) is 3. The highest BCUT2D eigenvalue weighted by molar-refractivity contribution is 7.99. The average molecular weight is 374 g/mol. The largest absolute Gasteiger partial charge is 0.494 e. The molecule has 0 spiro atoms. The summed E-state index contributed by atoms with van der Waals surface area (Å²) in [6, 6.07) is 7.74. The first-order valence-electron chi connectivity index (χ1n) is 9.24. The molecule has 0 radical (unpaired) electrons.